The Morgan fingerprint density at radius 3 is 2.43 bits per heavy atom. The van der Waals surface area contributed by atoms with Crippen molar-refractivity contribution in [3.05, 3.63) is 66.0 Å². The van der Waals surface area contributed by atoms with Gasteiger partial charge < -0.3 is 10.6 Å². The summed E-state index contributed by atoms with van der Waals surface area (Å²) in [6.45, 7) is 0.507. The molecule has 1 unspecified atom stereocenters. The zero-order valence-electron chi connectivity index (χ0n) is 11.7. The maximum absolute atomic E-state index is 12.2. The number of likely N-dealkylation sites (N-methyl/N-ethyl adjacent to an activating group) is 1. The maximum Gasteiger partial charge on any atom is 0.244 e. The number of nitrogens with two attached hydrogens (primary N) is 1. The Bertz CT molecular complexity index is 537. The maximum atomic E-state index is 12.2. The average Bonchev–Trinajstić information content (AvgIpc) is 2.47. The van der Waals surface area contributed by atoms with Crippen molar-refractivity contribution in [2.24, 2.45) is 5.73 Å². The van der Waals surface area contributed by atoms with Crippen LogP contribution in [0.4, 0.5) is 0 Å². The van der Waals surface area contributed by atoms with Crippen LogP contribution in [0.15, 0.2) is 54.9 Å². The molecule has 114 valence electrons. The molecule has 0 aliphatic rings. The van der Waals surface area contributed by atoms with Crippen molar-refractivity contribution in [2.45, 2.75) is 12.6 Å². The number of aromatic nitrogens is 1. The zero-order valence-corrected chi connectivity index (χ0v) is 13.3. The molecule has 0 spiro atoms. The lowest BCUT2D eigenvalue weighted by Gasteiger charge is -2.21. The molecule has 6 heteroatoms. The van der Waals surface area contributed by atoms with Crippen LogP contribution in [-0.4, -0.2) is 22.8 Å². The summed E-state index contributed by atoms with van der Waals surface area (Å²) in [4.78, 5) is 17.9. The molecule has 0 saturated carbocycles. The van der Waals surface area contributed by atoms with Gasteiger partial charge in [-0.25, -0.2) is 0 Å². The number of hydrogen-bond acceptors (Lipinski definition) is 3. The highest BCUT2D eigenvalue weighted by molar-refractivity contribution is 5.85. The summed E-state index contributed by atoms with van der Waals surface area (Å²) in [5.74, 6) is -0.102. The highest BCUT2D eigenvalue weighted by Crippen LogP contribution is 2.13. The van der Waals surface area contributed by atoms with Gasteiger partial charge in [0.25, 0.3) is 0 Å². The van der Waals surface area contributed by atoms with Crippen molar-refractivity contribution < 1.29 is 4.79 Å². The Labute approximate surface area is 137 Å². The molecule has 1 heterocycles. The van der Waals surface area contributed by atoms with Gasteiger partial charge in [0.2, 0.25) is 5.91 Å². The second kappa shape index (κ2) is 9.34. The minimum Gasteiger partial charge on any atom is -0.340 e. The molecule has 0 saturated heterocycles. The van der Waals surface area contributed by atoms with Crippen LogP contribution in [0, 0.1) is 0 Å². The minimum atomic E-state index is -0.622. The number of carbonyl (C=O) groups is 1. The number of benzene rings is 1. The van der Waals surface area contributed by atoms with Gasteiger partial charge in [-0.2, -0.15) is 0 Å². The fourth-order valence-corrected chi connectivity index (χ4v) is 1.88. The van der Waals surface area contributed by atoms with Crippen molar-refractivity contribution in [3.63, 3.8) is 0 Å². The van der Waals surface area contributed by atoms with Gasteiger partial charge in [0.1, 0.15) is 6.04 Å². The van der Waals surface area contributed by atoms with E-state index in [1.165, 1.54) is 0 Å². The molecule has 2 N–H and O–H groups in total. The minimum absolute atomic E-state index is 0. The summed E-state index contributed by atoms with van der Waals surface area (Å²) in [5.41, 5.74) is 7.80. The molecular weight excluding hydrogens is 309 g/mol. The molecule has 1 atom stereocenters. The second-order valence-corrected chi connectivity index (χ2v) is 4.44. The predicted octanol–water partition coefficient (Wildman–Crippen LogP) is 2.58. The van der Waals surface area contributed by atoms with Crippen LogP contribution in [-0.2, 0) is 11.3 Å². The third kappa shape index (κ3) is 5.34. The Kier molecular flexibility index (Phi) is 8.62. The molecule has 0 aliphatic carbocycles. The third-order valence-electron chi connectivity index (χ3n) is 2.94. The molecule has 2 aromatic rings. The van der Waals surface area contributed by atoms with E-state index < -0.39 is 6.04 Å². The smallest absolute Gasteiger partial charge is 0.244 e. The molecule has 0 radical (unpaired) electrons. The quantitative estimate of drug-likeness (QED) is 0.938. The van der Waals surface area contributed by atoms with E-state index in [0.29, 0.717) is 6.54 Å². The van der Waals surface area contributed by atoms with Crippen molar-refractivity contribution in [1.29, 1.82) is 0 Å². The topological polar surface area (TPSA) is 59.2 Å². The standard InChI is InChI=1S/C15H17N3O.2ClH/c1-18(11-12-6-5-9-17-10-12)15(19)14(16)13-7-3-2-4-8-13;;/h2-10,14H,11,16H2,1H3;2*1H. The van der Waals surface area contributed by atoms with Crippen LogP contribution >= 0.6 is 24.8 Å². The average molecular weight is 328 g/mol. The Hall–Kier alpha value is -1.62. The van der Waals surface area contributed by atoms with Crippen LogP contribution in [0.2, 0.25) is 0 Å². The predicted molar refractivity (Wildman–Crippen MR) is 88.6 cm³/mol. The van der Waals surface area contributed by atoms with Crippen LogP contribution in [0.1, 0.15) is 17.2 Å². The van der Waals surface area contributed by atoms with Gasteiger partial charge in [-0.3, -0.25) is 9.78 Å². The zero-order chi connectivity index (χ0) is 13.7. The Morgan fingerprint density at radius 1 is 1.19 bits per heavy atom. The SMILES string of the molecule is CN(Cc1cccnc1)C(=O)C(N)c1ccccc1.Cl.Cl. The second-order valence-electron chi connectivity index (χ2n) is 4.44. The summed E-state index contributed by atoms with van der Waals surface area (Å²) < 4.78 is 0. The number of nitrogens with zero attached hydrogens (tertiary/aromatic N) is 2. The largest absolute Gasteiger partial charge is 0.340 e. The fourth-order valence-electron chi connectivity index (χ4n) is 1.88. The van der Waals surface area contributed by atoms with Gasteiger partial charge in [-0.1, -0.05) is 36.4 Å². The first kappa shape index (κ1) is 19.4. The summed E-state index contributed by atoms with van der Waals surface area (Å²) in [7, 11) is 1.75. The summed E-state index contributed by atoms with van der Waals surface area (Å²) >= 11 is 0. The number of rotatable bonds is 4. The van der Waals surface area contributed by atoms with E-state index in [9.17, 15) is 4.79 Å². The lowest BCUT2D eigenvalue weighted by molar-refractivity contribution is -0.131. The van der Waals surface area contributed by atoms with Crippen LogP contribution in [0.5, 0.6) is 0 Å². The lowest BCUT2D eigenvalue weighted by Crippen LogP contribution is -2.35. The van der Waals surface area contributed by atoms with Crippen molar-refractivity contribution >= 4 is 30.7 Å². The van der Waals surface area contributed by atoms with Gasteiger partial charge in [0, 0.05) is 26.0 Å². The number of pyridine rings is 1. The van der Waals surface area contributed by atoms with Crippen molar-refractivity contribution in [3.8, 4) is 0 Å². The van der Waals surface area contributed by atoms with E-state index in [1.807, 2.05) is 42.5 Å². The number of amides is 1. The molecule has 1 amide bonds. The summed E-state index contributed by atoms with van der Waals surface area (Å²) in [6, 6.07) is 12.5. The monoisotopic (exact) mass is 327 g/mol. The first-order valence-corrected chi connectivity index (χ1v) is 6.13. The molecule has 2 rings (SSSR count). The molecule has 0 aliphatic heterocycles. The fraction of sp³-hybridized carbons (Fsp3) is 0.200. The highest BCUT2D eigenvalue weighted by atomic mass is 35.5. The highest BCUT2D eigenvalue weighted by Gasteiger charge is 2.19. The van der Waals surface area contributed by atoms with Crippen molar-refractivity contribution in [2.75, 3.05) is 7.05 Å². The third-order valence-corrected chi connectivity index (χ3v) is 2.94. The first-order valence-electron chi connectivity index (χ1n) is 6.13. The van der Waals surface area contributed by atoms with E-state index in [4.69, 9.17) is 5.73 Å². The molecule has 0 bridgehead atoms. The van der Waals surface area contributed by atoms with Gasteiger partial charge in [-0.15, -0.1) is 24.8 Å². The summed E-state index contributed by atoms with van der Waals surface area (Å²) in [6.07, 6.45) is 3.46. The summed E-state index contributed by atoms with van der Waals surface area (Å²) in [5, 5.41) is 0. The van der Waals surface area contributed by atoms with Gasteiger partial charge in [0.05, 0.1) is 0 Å². The first-order chi connectivity index (χ1) is 9.18. The normalized spacial score (nSPS) is 10.8. The van der Waals surface area contributed by atoms with Crippen LogP contribution in [0.3, 0.4) is 0 Å². The molecule has 1 aromatic heterocycles. The van der Waals surface area contributed by atoms with E-state index in [2.05, 4.69) is 4.98 Å². The van der Waals surface area contributed by atoms with E-state index in [-0.39, 0.29) is 30.7 Å². The molecule has 21 heavy (non-hydrogen) atoms. The Balaban J connectivity index is 0.00000200. The lowest BCUT2D eigenvalue weighted by atomic mass is 10.1. The van der Waals surface area contributed by atoms with Crippen molar-refractivity contribution in [1.82, 2.24) is 9.88 Å². The number of carbonyl (C=O) groups excluding carboxylic acids is 1. The van der Waals surface area contributed by atoms with Gasteiger partial charge >= 0.3 is 0 Å². The molecule has 1 aromatic carbocycles. The molecule has 0 fully saturated rings. The van der Waals surface area contributed by atoms with Gasteiger partial charge in [0.15, 0.2) is 0 Å². The van der Waals surface area contributed by atoms with Gasteiger partial charge in [-0.05, 0) is 17.2 Å². The van der Waals surface area contributed by atoms with E-state index in [1.54, 1.807) is 24.3 Å². The number of hydrogen-bond donors (Lipinski definition) is 1. The van der Waals surface area contributed by atoms with Crippen LogP contribution in [0.25, 0.3) is 0 Å². The molecular formula is C15H19Cl2N3O. The van der Waals surface area contributed by atoms with Crippen LogP contribution < -0.4 is 5.73 Å². The van der Waals surface area contributed by atoms with E-state index >= 15 is 0 Å². The molecule has 4 nitrogen and oxygen atoms in total. The van der Waals surface area contributed by atoms with E-state index in [0.717, 1.165) is 11.1 Å². The number of halogens is 2. The Morgan fingerprint density at radius 2 is 1.86 bits per heavy atom.